The van der Waals surface area contributed by atoms with E-state index < -0.39 is 22.8 Å². The number of aryl methyl sites for hydroxylation is 1. The Morgan fingerprint density at radius 2 is 2.04 bits per heavy atom. The van der Waals surface area contributed by atoms with Gasteiger partial charge in [0.05, 0.1) is 10.6 Å². The van der Waals surface area contributed by atoms with Crippen molar-refractivity contribution in [2.75, 3.05) is 5.32 Å². The molecule has 0 radical (unpaired) electrons. The van der Waals surface area contributed by atoms with Gasteiger partial charge in [0.25, 0.3) is 11.6 Å². The van der Waals surface area contributed by atoms with Crippen LogP contribution in [0.5, 0.6) is 5.75 Å². The molecule has 2 rings (SSSR count). The van der Waals surface area contributed by atoms with Crippen LogP contribution in [0.25, 0.3) is 0 Å². The topological polar surface area (TPSA) is 81.5 Å². The largest absolute Gasteiger partial charge is 0.481 e. The van der Waals surface area contributed by atoms with Crippen LogP contribution in [-0.4, -0.2) is 16.9 Å². The van der Waals surface area contributed by atoms with Gasteiger partial charge in [-0.2, -0.15) is 0 Å². The fourth-order valence-corrected chi connectivity index (χ4v) is 2.32. The molecule has 2 aromatic rings. The van der Waals surface area contributed by atoms with Gasteiger partial charge in [-0.3, -0.25) is 14.9 Å². The molecular formula is C16H14BrFN2O4. The van der Waals surface area contributed by atoms with E-state index >= 15 is 0 Å². The van der Waals surface area contributed by atoms with Gasteiger partial charge in [-0.15, -0.1) is 0 Å². The molecule has 0 unspecified atom stereocenters. The molecule has 0 saturated heterocycles. The third-order valence-electron chi connectivity index (χ3n) is 3.24. The molecule has 6 nitrogen and oxygen atoms in total. The Hall–Kier alpha value is -2.48. The van der Waals surface area contributed by atoms with Crippen molar-refractivity contribution in [2.24, 2.45) is 0 Å². The summed E-state index contributed by atoms with van der Waals surface area (Å²) in [5.74, 6) is -0.791. The number of carbonyl (C=O) groups excluding carboxylic acids is 1. The molecule has 0 spiro atoms. The summed E-state index contributed by atoms with van der Waals surface area (Å²) >= 11 is 3.13. The highest BCUT2D eigenvalue weighted by molar-refractivity contribution is 9.10. The lowest BCUT2D eigenvalue weighted by Gasteiger charge is -2.15. The molecule has 0 aliphatic rings. The summed E-state index contributed by atoms with van der Waals surface area (Å²) in [6, 6.07) is 8.46. The van der Waals surface area contributed by atoms with Gasteiger partial charge in [0.15, 0.2) is 6.10 Å². The minimum atomic E-state index is -0.908. The maximum absolute atomic E-state index is 13.7. The van der Waals surface area contributed by atoms with Gasteiger partial charge in [0.1, 0.15) is 11.6 Å². The monoisotopic (exact) mass is 396 g/mol. The SMILES string of the molecule is Cc1cc(O[C@H](C)C(=O)Nc2ccc(Br)cc2F)ccc1[N+](=O)[O-]. The van der Waals surface area contributed by atoms with Crippen LogP contribution in [0.2, 0.25) is 0 Å². The molecule has 8 heteroatoms. The first-order chi connectivity index (χ1) is 11.3. The molecule has 24 heavy (non-hydrogen) atoms. The molecule has 0 aliphatic heterocycles. The Morgan fingerprint density at radius 3 is 2.62 bits per heavy atom. The number of nitro groups is 1. The molecule has 126 valence electrons. The lowest BCUT2D eigenvalue weighted by atomic mass is 10.2. The van der Waals surface area contributed by atoms with Crippen LogP contribution in [0.1, 0.15) is 12.5 Å². The number of nitro benzene ring substituents is 1. The fourth-order valence-electron chi connectivity index (χ4n) is 1.99. The minimum absolute atomic E-state index is 0.0311. The second kappa shape index (κ2) is 7.39. The Bertz CT molecular complexity index is 798. The van der Waals surface area contributed by atoms with Crippen molar-refractivity contribution in [1.82, 2.24) is 0 Å². The van der Waals surface area contributed by atoms with Crippen molar-refractivity contribution in [2.45, 2.75) is 20.0 Å². The summed E-state index contributed by atoms with van der Waals surface area (Å²) < 4.78 is 19.7. The van der Waals surface area contributed by atoms with E-state index in [1.165, 1.54) is 37.3 Å². The molecule has 1 amide bonds. The first-order valence-electron chi connectivity index (χ1n) is 6.95. The first kappa shape index (κ1) is 17.9. The summed E-state index contributed by atoms with van der Waals surface area (Å²) in [5.41, 5.74) is 0.430. The smallest absolute Gasteiger partial charge is 0.272 e. The van der Waals surface area contributed by atoms with Crippen molar-refractivity contribution < 1.29 is 18.8 Å². The lowest BCUT2D eigenvalue weighted by molar-refractivity contribution is -0.385. The molecule has 0 bridgehead atoms. The highest BCUT2D eigenvalue weighted by Gasteiger charge is 2.18. The number of hydrogen-bond acceptors (Lipinski definition) is 4. The van der Waals surface area contributed by atoms with E-state index in [9.17, 15) is 19.3 Å². The van der Waals surface area contributed by atoms with Gasteiger partial charge in [0, 0.05) is 16.1 Å². The van der Waals surface area contributed by atoms with Crippen molar-refractivity contribution in [3.63, 3.8) is 0 Å². The van der Waals surface area contributed by atoms with Gasteiger partial charge in [-0.05, 0) is 44.2 Å². The molecule has 1 N–H and O–H groups in total. The Labute approximate surface area is 145 Å². The summed E-state index contributed by atoms with van der Waals surface area (Å²) in [6.07, 6.45) is -0.908. The van der Waals surface area contributed by atoms with Gasteiger partial charge < -0.3 is 10.1 Å². The highest BCUT2D eigenvalue weighted by Crippen LogP contribution is 2.24. The fraction of sp³-hybridized carbons (Fsp3) is 0.188. The van der Waals surface area contributed by atoms with E-state index in [0.29, 0.717) is 15.8 Å². The lowest BCUT2D eigenvalue weighted by Crippen LogP contribution is -2.30. The van der Waals surface area contributed by atoms with E-state index in [1.54, 1.807) is 13.0 Å². The van der Waals surface area contributed by atoms with Crippen molar-refractivity contribution in [3.8, 4) is 5.75 Å². The summed E-state index contributed by atoms with van der Waals surface area (Å²) in [6.45, 7) is 3.08. The summed E-state index contributed by atoms with van der Waals surface area (Å²) in [4.78, 5) is 22.4. The van der Waals surface area contributed by atoms with Crippen LogP contribution in [0.15, 0.2) is 40.9 Å². The van der Waals surface area contributed by atoms with Gasteiger partial charge in [-0.25, -0.2) is 4.39 Å². The van der Waals surface area contributed by atoms with Crippen molar-refractivity contribution in [3.05, 3.63) is 62.4 Å². The normalized spacial score (nSPS) is 11.7. The standard InChI is InChI=1S/C16H14BrFN2O4/c1-9-7-12(4-6-15(9)20(22)23)24-10(2)16(21)19-14-5-3-11(17)8-13(14)18/h3-8,10H,1-2H3,(H,19,21)/t10-/m1/s1. The third kappa shape index (κ3) is 4.29. The van der Waals surface area contributed by atoms with E-state index in [-0.39, 0.29) is 11.4 Å². The van der Waals surface area contributed by atoms with Gasteiger partial charge >= 0.3 is 0 Å². The predicted molar refractivity (Wildman–Crippen MR) is 90.7 cm³/mol. The zero-order valence-corrected chi connectivity index (χ0v) is 14.5. The molecule has 0 fully saturated rings. The molecular weight excluding hydrogens is 383 g/mol. The van der Waals surface area contributed by atoms with Crippen LogP contribution >= 0.6 is 15.9 Å². The predicted octanol–water partition coefficient (Wildman–Crippen LogP) is 4.21. The van der Waals surface area contributed by atoms with E-state index in [1.807, 2.05) is 0 Å². The number of benzene rings is 2. The molecule has 2 aromatic carbocycles. The third-order valence-corrected chi connectivity index (χ3v) is 3.73. The van der Waals surface area contributed by atoms with Gasteiger partial charge in [-0.1, -0.05) is 15.9 Å². The number of amides is 1. The van der Waals surface area contributed by atoms with Crippen LogP contribution in [0.4, 0.5) is 15.8 Å². The number of halogens is 2. The number of anilines is 1. The Balaban J connectivity index is 2.06. The zero-order chi connectivity index (χ0) is 17.9. The zero-order valence-electron chi connectivity index (χ0n) is 12.9. The second-order valence-electron chi connectivity index (χ2n) is 5.08. The maximum atomic E-state index is 13.7. The number of carbonyl (C=O) groups is 1. The average Bonchev–Trinajstić information content (AvgIpc) is 2.49. The Kier molecular flexibility index (Phi) is 5.50. The molecule has 0 aromatic heterocycles. The van der Waals surface area contributed by atoms with Crippen molar-refractivity contribution in [1.29, 1.82) is 0 Å². The van der Waals surface area contributed by atoms with Crippen LogP contribution in [-0.2, 0) is 4.79 Å². The molecule has 0 aliphatic carbocycles. The number of rotatable bonds is 5. The molecule has 1 atom stereocenters. The first-order valence-corrected chi connectivity index (χ1v) is 7.75. The van der Waals surface area contributed by atoms with Crippen LogP contribution in [0, 0.1) is 22.9 Å². The second-order valence-corrected chi connectivity index (χ2v) is 5.99. The quantitative estimate of drug-likeness (QED) is 0.606. The van der Waals surface area contributed by atoms with E-state index in [4.69, 9.17) is 4.74 Å². The number of ether oxygens (including phenoxy) is 1. The van der Waals surface area contributed by atoms with Crippen LogP contribution in [0.3, 0.4) is 0 Å². The van der Waals surface area contributed by atoms with Crippen molar-refractivity contribution >= 4 is 33.2 Å². The highest BCUT2D eigenvalue weighted by atomic mass is 79.9. The molecule has 0 heterocycles. The number of hydrogen-bond donors (Lipinski definition) is 1. The number of nitrogens with zero attached hydrogens (tertiary/aromatic N) is 1. The molecule has 0 saturated carbocycles. The maximum Gasteiger partial charge on any atom is 0.272 e. The minimum Gasteiger partial charge on any atom is -0.481 e. The number of nitrogens with one attached hydrogen (secondary N) is 1. The van der Waals surface area contributed by atoms with Gasteiger partial charge in [0.2, 0.25) is 0 Å². The van der Waals surface area contributed by atoms with E-state index in [0.717, 1.165) is 0 Å². The van der Waals surface area contributed by atoms with Crippen LogP contribution < -0.4 is 10.1 Å². The summed E-state index contributed by atoms with van der Waals surface area (Å²) in [5, 5.41) is 13.2. The summed E-state index contributed by atoms with van der Waals surface area (Å²) in [7, 11) is 0. The van der Waals surface area contributed by atoms with E-state index in [2.05, 4.69) is 21.2 Å². The average molecular weight is 397 g/mol. The Morgan fingerprint density at radius 1 is 1.33 bits per heavy atom.